The molecule has 0 unspecified atom stereocenters. The van der Waals surface area contributed by atoms with Gasteiger partial charge in [-0.15, -0.1) is 6.58 Å². The van der Waals surface area contributed by atoms with Gasteiger partial charge >= 0.3 is 12.1 Å². The minimum atomic E-state index is -4.52. The predicted octanol–water partition coefficient (Wildman–Crippen LogP) is 2.36. The molecule has 0 saturated carbocycles. The fraction of sp³-hybridized carbons (Fsp3) is 0.235. The molecule has 0 spiro atoms. The van der Waals surface area contributed by atoms with Crippen LogP contribution in [0.2, 0.25) is 0 Å². The second-order valence-corrected chi connectivity index (χ2v) is 5.21. The van der Waals surface area contributed by atoms with Crippen molar-refractivity contribution in [3.63, 3.8) is 0 Å². The summed E-state index contributed by atoms with van der Waals surface area (Å²) >= 11 is 0. The van der Waals surface area contributed by atoms with Gasteiger partial charge in [0.25, 0.3) is 5.91 Å². The lowest BCUT2D eigenvalue weighted by Gasteiger charge is -2.08. The Labute approximate surface area is 152 Å². The van der Waals surface area contributed by atoms with Crippen LogP contribution in [0.3, 0.4) is 0 Å². The van der Waals surface area contributed by atoms with E-state index in [0.29, 0.717) is 0 Å². The summed E-state index contributed by atoms with van der Waals surface area (Å²) in [7, 11) is 1.26. The van der Waals surface area contributed by atoms with Gasteiger partial charge in [-0.2, -0.15) is 18.3 Å². The number of benzene rings is 1. The Morgan fingerprint density at radius 2 is 2.11 bits per heavy atom. The smallest absolute Gasteiger partial charge is 0.416 e. The van der Waals surface area contributed by atoms with Crippen molar-refractivity contribution in [3.8, 4) is 11.4 Å². The van der Waals surface area contributed by atoms with Crippen LogP contribution in [0.1, 0.15) is 16.1 Å². The van der Waals surface area contributed by atoms with Crippen LogP contribution in [-0.4, -0.2) is 41.9 Å². The highest BCUT2D eigenvalue weighted by atomic mass is 19.4. The molecule has 7 nitrogen and oxygen atoms in total. The summed E-state index contributed by atoms with van der Waals surface area (Å²) in [5.41, 5.74) is -1.06. The van der Waals surface area contributed by atoms with Crippen LogP contribution in [0.15, 0.2) is 43.1 Å². The Kier molecular flexibility index (Phi) is 6.22. The van der Waals surface area contributed by atoms with E-state index in [1.54, 1.807) is 0 Å². The van der Waals surface area contributed by atoms with Gasteiger partial charge in [0.1, 0.15) is 0 Å². The first-order valence-corrected chi connectivity index (χ1v) is 7.62. The number of hydrogen-bond donors (Lipinski definition) is 1. The van der Waals surface area contributed by atoms with Crippen LogP contribution in [0.5, 0.6) is 5.75 Å². The third-order valence-electron chi connectivity index (χ3n) is 3.31. The first-order valence-electron chi connectivity index (χ1n) is 7.62. The predicted molar refractivity (Wildman–Crippen MR) is 88.6 cm³/mol. The van der Waals surface area contributed by atoms with E-state index >= 15 is 0 Å². The summed E-state index contributed by atoms with van der Waals surface area (Å²) in [5, 5.41) is 6.34. The van der Waals surface area contributed by atoms with Crippen molar-refractivity contribution in [2.24, 2.45) is 0 Å². The molecule has 2 aromatic rings. The van der Waals surface area contributed by atoms with Crippen molar-refractivity contribution >= 4 is 11.9 Å². The van der Waals surface area contributed by atoms with Gasteiger partial charge in [0.05, 0.1) is 24.6 Å². The molecule has 10 heteroatoms. The maximum absolute atomic E-state index is 12.9. The van der Waals surface area contributed by atoms with Crippen LogP contribution in [0.25, 0.3) is 5.69 Å². The average Bonchev–Trinajstić information content (AvgIpc) is 3.08. The van der Waals surface area contributed by atoms with Gasteiger partial charge in [-0.1, -0.05) is 12.1 Å². The van der Waals surface area contributed by atoms with Crippen molar-refractivity contribution in [3.05, 3.63) is 54.4 Å². The largest absolute Gasteiger partial charge is 0.493 e. The van der Waals surface area contributed by atoms with E-state index in [-0.39, 0.29) is 23.7 Å². The standard InChI is InChI=1S/C17H16F3N3O4/c1-3-7-21-14(24)10-27-16(25)15-13(26-2)9-23(22-15)12-6-4-5-11(8-12)17(18,19)20/h3-6,8-9H,1,7,10H2,2H3,(H,21,24). The Bertz CT molecular complexity index is 846. The molecule has 0 aliphatic heterocycles. The second-order valence-electron chi connectivity index (χ2n) is 5.21. The number of halogens is 3. The van der Waals surface area contributed by atoms with Crippen LogP contribution in [0.4, 0.5) is 13.2 Å². The number of carbonyl (C=O) groups is 2. The van der Waals surface area contributed by atoms with E-state index in [4.69, 9.17) is 9.47 Å². The highest BCUT2D eigenvalue weighted by Gasteiger charge is 2.31. The van der Waals surface area contributed by atoms with Crippen molar-refractivity contribution in [1.29, 1.82) is 0 Å². The number of ether oxygens (including phenoxy) is 2. The zero-order valence-corrected chi connectivity index (χ0v) is 14.2. The van der Waals surface area contributed by atoms with E-state index in [1.165, 1.54) is 31.5 Å². The molecular formula is C17H16F3N3O4. The maximum atomic E-state index is 12.9. The molecule has 144 valence electrons. The monoisotopic (exact) mass is 383 g/mol. The fourth-order valence-electron chi connectivity index (χ4n) is 2.04. The molecule has 1 amide bonds. The molecule has 0 bridgehead atoms. The van der Waals surface area contributed by atoms with E-state index in [2.05, 4.69) is 17.0 Å². The van der Waals surface area contributed by atoms with Crippen molar-refractivity contribution in [1.82, 2.24) is 15.1 Å². The van der Waals surface area contributed by atoms with Crippen molar-refractivity contribution < 1.29 is 32.2 Å². The summed E-state index contributed by atoms with van der Waals surface area (Å²) in [4.78, 5) is 23.6. The molecule has 0 fully saturated rings. The van der Waals surface area contributed by atoms with Crippen LogP contribution >= 0.6 is 0 Å². The summed E-state index contributed by atoms with van der Waals surface area (Å²) in [6, 6.07) is 4.40. The Hall–Kier alpha value is -3.30. The molecule has 1 N–H and O–H groups in total. The van der Waals surface area contributed by atoms with Gasteiger partial charge in [0.2, 0.25) is 5.69 Å². The lowest BCUT2D eigenvalue weighted by atomic mass is 10.2. The Morgan fingerprint density at radius 1 is 1.37 bits per heavy atom. The van der Waals surface area contributed by atoms with E-state index in [0.717, 1.165) is 16.8 Å². The minimum absolute atomic E-state index is 0.0103. The second kappa shape index (κ2) is 8.39. The zero-order chi connectivity index (χ0) is 20.0. The molecule has 0 atom stereocenters. The number of aromatic nitrogens is 2. The highest BCUT2D eigenvalue weighted by molar-refractivity contribution is 5.92. The number of methoxy groups -OCH3 is 1. The number of alkyl halides is 3. The van der Waals surface area contributed by atoms with Crippen LogP contribution in [-0.2, 0) is 15.7 Å². The molecule has 0 aliphatic rings. The van der Waals surface area contributed by atoms with E-state index < -0.39 is 30.2 Å². The molecule has 27 heavy (non-hydrogen) atoms. The molecule has 1 heterocycles. The van der Waals surface area contributed by atoms with E-state index in [1.807, 2.05) is 0 Å². The quantitative estimate of drug-likeness (QED) is 0.586. The first kappa shape index (κ1) is 20.0. The van der Waals surface area contributed by atoms with Crippen molar-refractivity contribution in [2.45, 2.75) is 6.18 Å². The Balaban J connectivity index is 2.21. The normalized spacial score (nSPS) is 11.0. The molecular weight excluding hydrogens is 367 g/mol. The van der Waals surface area contributed by atoms with Gasteiger partial charge in [-0.3, -0.25) is 4.79 Å². The maximum Gasteiger partial charge on any atom is 0.416 e. The summed E-state index contributed by atoms with van der Waals surface area (Å²) < 4.78 is 49.5. The van der Waals surface area contributed by atoms with Gasteiger partial charge < -0.3 is 14.8 Å². The SMILES string of the molecule is C=CCNC(=O)COC(=O)c1nn(-c2cccc(C(F)(F)F)c2)cc1OC. The molecule has 1 aromatic carbocycles. The highest BCUT2D eigenvalue weighted by Crippen LogP contribution is 2.30. The third-order valence-corrected chi connectivity index (χ3v) is 3.31. The summed E-state index contributed by atoms with van der Waals surface area (Å²) in [5.74, 6) is -1.50. The lowest BCUT2D eigenvalue weighted by molar-refractivity contribution is -0.137. The summed E-state index contributed by atoms with van der Waals surface area (Å²) in [6.45, 7) is 3.09. The average molecular weight is 383 g/mol. The Morgan fingerprint density at radius 3 is 2.74 bits per heavy atom. The van der Waals surface area contributed by atoms with Gasteiger partial charge in [-0.05, 0) is 18.2 Å². The first-order chi connectivity index (χ1) is 12.8. The molecule has 2 rings (SSSR count). The van der Waals surface area contributed by atoms with Gasteiger partial charge in [-0.25, -0.2) is 9.48 Å². The zero-order valence-electron chi connectivity index (χ0n) is 14.2. The van der Waals surface area contributed by atoms with Gasteiger partial charge in [0, 0.05) is 6.54 Å². The molecule has 0 radical (unpaired) electrons. The molecule has 0 saturated heterocycles. The van der Waals surface area contributed by atoms with Gasteiger partial charge in [0.15, 0.2) is 12.4 Å². The van der Waals surface area contributed by atoms with Crippen molar-refractivity contribution in [2.75, 3.05) is 20.3 Å². The topological polar surface area (TPSA) is 82.5 Å². The number of rotatable bonds is 7. The number of esters is 1. The number of amides is 1. The van der Waals surface area contributed by atoms with Crippen LogP contribution in [0, 0.1) is 0 Å². The molecule has 1 aromatic heterocycles. The number of nitrogens with zero attached hydrogens (tertiary/aromatic N) is 2. The van der Waals surface area contributed by atoms with Crippen LogP contribution < -0.4 is 10.1 Å². The van der Waals surface area contributed by atoms with E-state index in [9.17, 15) is 22.8 Å². The minimum Gasteiger partial charge on any atom is -0.493 e. The lowest BCUT2D eigenvalue weighted by Crippen LogP contribution is -2.28. The fourth-order valence-corrected chi connectivity index (χ4v) is 2.04. The molecule has 0 aliphatic carbocycles. The number of carbonyl (C=O) groups excluding carboxylic acids is 2. The number of hydrogen-bond acceptors (Lipinski definition) is 5. The number of nitrogens with one attached hydrogen (secondary N) is 1. The summed E-state index contributed by atoms with van der Waals surface area (Å²) in [6.07, 6.45) is -1.82. The third kappa shape index (κ3) is 5.09.